The smallest absolute Gasteiger partial charge is 0.406 e. The summed E-state index contributed by atoms with van der Waals surface area (Å²) in [4.78, 5) is 1.86. The van der Waals surface area contributed by atoms with Gasteiger partial charge in [-0.15, -0.1) is 38.0 Å². The molecule has 1 aliphatic rings. The average molecular weight is 512 g/mol. The van der Waals surface area contributed by atoms with Crippen molar-refractivity contribution < 1.29 is 31.1 Å². The fourth-order valence-electron chi connectivity index (χ4n) is 3.39. The Morgan fingerprint density at radius 2 is 1.48 bits per heavy atom. The zero-order valence-electron chi connectivity index (χ0n) is 15.8. The van der Waals surface area contributed by atoms with Crippen LogP contribution in [-0.2, 0) is 6.18 Å². The Hall–Kier alpha value is -1.39. The van der Waals surface area contributed by atoms with E-state index in [1.807, 2.05) is 4.90 Å². The van der Waals surface area contributed by atoms with Gasteiger partial charge in [0.15, 0.2) is 0 Å². The van der Waals surface area contributed by atoms with E-state index in [1.165, 1.54) is 24.3 Å². The third-order valence-corrected chi connectivity index (χ3v) is 4.80. The average Bonchev–Trinajstić information content (AvgIpc) is 2.63. The van der Waals surface area contributed by atoms with Gasteiger partial charge in [-0.05, 0) is 35.4 Å². The van der Waals surface area contributed by atoms with Crippen molar-refractivity contribution >= 4 is 36.4 Å². The standard InChI is InChI=1S/C19H17ClF6N2O.2ClH/c20-13-3-6-15(16(11-13)18(21,22)23)17(28-9-7-27-8-10-28)12-1-4-14(5-2-12)29-19(24,25)26;;/h1-6,11,17,27H,7-10H2;2*1H/t17-;;/m0../s1. The maximum atomic E-state index is 13.7. The molecule has 1 aliphatic heterocycles. The van der Waals surface area contributed by atoms with E-state index < -0.39 is 29.9 Å². The molecule has 1 saturated heterocycles. The first-order chi connectivity index (χ1) is 13.5. The van der Waals surface area contributed by atoms with E-state index in [0.717, 1.165) is 18.2 Å². The van der Waals surface area contributed by atoms with Crippen molar-refractivity contribution in [2.45, 2.75) is 18.6 Å². The highest BCUT2D eigenvalue weighted by molar-refractivity contribution is 6.30. The van der Waals surface area contributed by atoms with Crippen molar-refractivity contribution in [1.82, 2.24) is 10.2 Å². The molecular formula is C19H19Cl3F6N2O. The molecule has 2 aromatic carbocycles. The maximum Gasteiger partial charge on any atom is 0.573 e. The molecule has 174 valence electrons. The van der Waals surface area contributed by atoms with Crippen molar-refractivity contribution in [3.8, 4) is 5.75 Å². The normalized spacial score (nSPS) is 16.1. The summed E-state index contributed by atoms with van der Waals surface area (Å²) in [5.74, 6) is -0.438. The van der Waals surface area contributed by atoms with Gasteiger partial charge in [-0.3, -0.25) is 4.90 Å². The Morgan fingerprint density at radius 3 is 2.00 bits per heavy atom. The maximum absolute atomic E-state index is 13.7. The molecule has 1 heterocycles. The molecule has 1 atom stereocenters. The molecule has 0 spiro atoms. The Balaban J connectivity index is 0.00000240. The summed E-state index contributed by atoms with van der Waals surface area (Å²) in [5.41, 5.74) is -0.452. The lowest BCUT2D eigenvalue weighted by molar-refractivity contribution is -0.274. The summed E-state index contributed by atoms with van der Waals surface area (Å²) in [6.07, 6.45) is -9.48. The Labute approximate surface area is 192 Å². The first-order valence-corrected chi connectivity index (χ1v) is 9.09. The van der Waals surface area contributed by atoms with Crippen LogP contribution in [0.1, 0.15) is 22.7 Å². The highest BCUT2D eigenvalue weighted by Gasteiger charge is 2.38. The summed E-state index contributed by atoms with van der Waals surface area (Å²) in [5, 5.41) is 3.08. The van der Waals surface area contributed by atoms with Crippen molar-refractivity contribution in [3.05, 3.63) is 64.2 Å². The second-order valence-electron chi connectivity index (χ2n) is 6.53. The van der Waals surface area contributed by atoms with Gasteiger partial charge in [-0.1, -0.05) is 29.8 Å². The number of halogens is 9. The minimum absolute atomic E-state index is 0. The predicted molar refractivity (Wildman–Crippen MR) is 110 cm³/mol. The van der Waals surface area contributed by atoms with Crippen LogP contribution in [0.5, 0.6) is 5.75 Å². The minimum Gasteiger partial charge on any atom is -0.406 e. The van der Waals surface area contributed by atoms with Gasteiger partial charge in [-0.25, -0.2) is 0 Å². The molecule has 0 aromatic heterocycles. The van der Waals surface area contributed by atoms with Crippen LogP contribution < -0.4 is 10.1 Å². The molecule has 2 aromatic rings. The summed E-state index contributed by atoms with van der Waals surface area (Å²) in [7, 11) is 0. The molecular weight excluding hydrogens is 493 g/mol. The minimum atomic E-state index is -4.85. The lowest BCUT2D eigenvalue weighted by Crippen LogP contribution is -2.45. The van der Waals surface area contributed by atoms with E-state index in [0.29, 0.717) is 31.7 Å². The number of hydrogen-bond donors (Lipinski definition) is 1. The van der Waals surface area contributed by atoms with Gasteiger partial charge in [-0.2, -0.15) is 13.2 Å². The Bertz CT molecular complexity index is 840. The van der Waals surface area contributed by atoms with Gasteiger partial charge in [0, 0.05) is 31.2 Å². The van der Waals surface area contributed by atoms with E-state index in [-0.39, 0.29) is 35.4 Å². The second kappa shape index (κ2) is 11.0. The van der Waals surface area contributed by atoms with Gasteiger partial charge < -0.3 is 10.1 Å². The molecule has 31 heavy (non-hydrogen) atoms. The second-order valence-corrected chi connectivity index (χ2v) is 6.97. The van der Waals surface area contributed by atoms with Crippen LogP contribution in [-0.4, -0.2) is 37.4 Å². The van der Waals surface area contributed by atoms with Crippen LogP contribution >= 0.6 is 36.4 Å². The zero-order valence-corrected chi connectivity index (χ0v) is 18.2. The van der Waals surface area contributed by atoms with Crippen LogP contribution in [0.3, 0.4) is 0 Å². The van der Waals surface area contributed by atoms with Gasteiger partial charge >= 0.3 is 12.5 Å². The molecule has 0 radical (unpaired) electrons. The molecule has 0 saturated carbocycles. The number of piperazine rings is 1. The molecule has 0 bridgehead atoms. The van der Waals surface area contributed by atoms with Crippen molar-refractivity contribution in [3.63, 3.8) is 0 Å². The first-order valence-electron chi connectivity index (χ1n) is 8.72. The Morgan fingerprint density at radius 1 is 0.903 bits per heavy atom. The third-order valence-electron chi connectivity index (χ3n) is 4.56. The van der Waals surface area contributed by atoms with E-state index >= 15 is 0 Å². The SMILES string of the molecule is Cl.Cl.FC(F)(F)Oc1ccc([C@@H](c2ccc(Cl)cc2C(F)(F)F)N2CCNCC2)cc1. The summed E-state index contributed by atoms with van der Waals surface area (Å²) in [6, 6.07) is 7.66. The Kier molecular flexibility index (Phi) is 9.77. The largest absolute Gasteiger partial charge is 0.573 e. The highest BCUT2D eigenvalue weighted by atomic mass is 35.5. The molecule has 12 heteroatoms. The zero-order chi connectivity index (χ0) is 21.2. The van der Waals surface area contributed by atoms with Gasteiger partial charge in [0.05, 0.1) is 11.6 Å². The van der Waals surface area contributed by atoms with Gasteiger partial charge in [0.1, 0.15) is 5.75 Å². The lowest BCUT2D eigenvalue weighted by atomic mass is 9.92. The third kappa shape index (κ3) is 7.32. The van der Waals surface area contributed by atoms with Gasteiger partial charge in [0.25, 0.3) is 0 Å². The van der Waals surface area contributed by atoms with E-state index in [4.69, 9.17) is 11.6 Å². The number of nitrogens with zero attached hydrogens (tertiary/aromatic N) is 1. The molecule has 3 rings (SSSR count). The summed E-state index contributed by atoms with van der Waals surface area (Å²) in [6.45, 7) is 2.12. The number of alkyl halides is 6. The fraction of sp³-hybridized carbons (Fsp3) is 0.368. The van der Waals surface area contributed by atoms with Crippen molar-refractivity contribution in [2.75, 3.05) is 26.2 Å². The monoisotopic (exact) mass is 510 g/mol. The number of ether oxygens (including phenoxy) is 1. The van der Waals surface area contributed by atoms with Crippen LogP contribution in [0.4, 0.5) is 26.3 Å². The summed E-state index contributed by atoms with van der Waals surface area (Å²) >= 11 is 5.79. The topological polar surface area (TPSA) is 24.5 Å². The number of hydrogen-bond acceptors (Lipinski definition) is 3. The highest BCUT2D eigenvalue weighted by Crippen LogP contribution is 2.40. The molecule has 3 nitrogen and oxygen atoms in total. The summed E-state index contributed by atoms with van der Waals surface area (Å²) < 4.78 is 82.1. The molecule has 0 aliphatic carbocycles. The molecule has 0 amide bonds. The van der Waals surface area contributed by atoms with Crippen LogP contribution in [0.15, 0.2) is 42.5 Å². The lowest BCUT2D eigenvalue weighted by Gasteiger charge is -2.36. The molecule has 0 unspecified atom stereocenters. The van der Waals surface area contributed by atoms with Crippen molar-refractivity contribution in [1.29, 1.82) is 0 Å². The van der Waals surface area contributed by atoms with E-state index in [9.17, 15) is 26.3 Å². The quantitative estimate of drug-likeness (QED) is 0.503. The van der Waals surface area contributed by atoms with Crippen LogP contribution in [0, 0.1) is 0 Å². The molecule has 1 fully saturated rings. The number of nitrogens with one attached hydrogen (secondary N) is 1. The number of rotatable bonds is 4. The van der Waals surface area contributed by atoms with Crippen LogP contribution in [0.25, 0.3) is 0 Å². The first kappa shape index (κ1) is 27.6. The number of benzene rings is 2. The molecule has 1 N–H and O–H groups in total. The van der Waals surface area contributed by atoms with Crippen LogP contribution in [0.2, 0.25) is 5.02 Å². The van der Waals surface area contributed by atoms with Crippen molar-refractivity contribution in [2.24, 2.45) is 0 Å². The van der Waals surface area contributed by atoms with E-state index in [2.05, 4.69) is 10.1 Å². The van der Waals surface area contributed by atoms with E-state index in [1.54, 1.807) is 0 Å². The fourth-order valence-corrected chi connectivity index (χ4v) is 3.56. The van der Waals surface area contributed by atoms with Gasteiger partial charge in [0.2, 0.25) is 0 Å². The predicted octanol–water partition coefficient (Wildman–Crippen LogP) is 6.10.